The van der Waals surface area contributed by atoms with Crippen molar-refractivity contribution in [1.29, 1.82) is 0 Å². The highest BCUT2D eigenvalue weighted by molar-refractivity contribution is 14.0. The predicted octanol–water partition coefficient (Wildman–Crippen LogP) is 2.50. The van der Waals surface area contributed by atoms with E-state index in [2.05, 4.69) is 20.4 Å². The third-order valence-corrected chi connectivity index (χ3v) is 3.14. The SMILES string of the molecule is COc1cccc(NC(N)=NCc2noc(C3CC3)n2)c1.I. The van der Waals surface area contributed by atoms with E-state index in [4.69, 9.17) is 15.0 Å². The number of benzene rings is 1. The molecule has 22 heavy (non-hydrogen) atoms. The molecule has 2 aromatic rings. The summed E-state index contributed by atoms with van der Waals surface area (Å²) in [5.74, 6) is 2.75. The van der Waals surface area contributed by atoms with Crippen LogP contribution in [-0.4, -0.2) is 23.2 Å². The van der Waals surface area contributed by atoms with Crippen LogP contribution in [-0.2, 0) is 6.54 Å². The van der Waals surface area contributed by atoms with Gasteiger partial charge in [0.2, 0.25) is 5.89 Å². The van der Waals surface area contributed by atoms with Crippen LogP contribution in [0, 0.1) is 0 Å². The van der Waals surface area contributed by atoms with Gasteiger partial charge in [0.05, 0.1) is 7.11 Å². The van der Waals surface area contributed by atoms with Crippen LogP contribution in [0.4, 0.5) is 5.69 Å². The van der Waals surface area contributed by atoms with E-state index < -0.39 is 0 Å². The van der Waals surface area contributed by atoms with Gasteiger partial charge in [0.25, 0.3) is 0 Å². The Morgan fingerprint density at radius 1 is 1.50 bits per heavy atom. The molecule has 3 rings (SSSR count). The summed E-state index contributed by atoms with van der Waals surface area (Å²) in [6.45, 7) is 0.291. The normalized spacial score (nSPS) is 14.3. The summed E-state index contributed by atoms with van der Waals surface area (Å²) in [4.78, 5) is 8.49. The fourth-order valence-corrected chi connectivity index (χ4v) is 1.87. The van der Waals surface area contributed by atoms with E-state index in [-0.39, 0.29) is 24.0 Å². The van der Waals surface area contributed by atoms with Gasteiger partial charge in [-0.15, -0.1) is 24.0 Å². The lowest BCUT2D eigenvalue weighted by Gasteiger charge is -2.06. The van der Waals surface area contributed by atoms with Crippen LogP contribution in [0.25, 0.3) is 0 Å². The van der Waals surface area contributed by atoms with Crippen molar-refractivity contribution in [3.8, 4) is 5.75 Å². The van der Waals surface area contributed by atoms with Crippen molar-refractivity contribution in [1.82, 2.24) is 10.1 Å². The van der Waals surface area contributed by atoms with E-state index in [0.717, 1.165) is 24.3 Å². The number of nitrogens with one attached hydrogen (secondary N) is 1. The number of halogens is 1. The number of nitrogens with two attached hydrogens (primary N) is 1. The van der Waals surface area contributed by atoms with Crippen LogP contribution >= 0.6 is 24.0 Å². The minimum Gasteiger partial charge on any atom is -0.497 e. The molecule has 0 bridgehead atoms. The molecule has 1 aliphatic carbocycles. The third kappa shape index (κ3) is 4.33. The second-order valence-corrected chi connectivity index (χ2v) is 4.88. The van der Waals surface area contributed by atoms with Crippen molar-refractivity contribution in [3.05, 3.63) is 36.0 Å². The zero-order chi connectivity index (χ0) is 14.7. The topological polar surface area (TPSA) is 98.6 Å². The predicted molar refractivity (Wildman–Crippen MR) is 93.6 cm³/mol. The van der Waals surface area contributed by atoms with Crippen LogP contribution in [0.5, 0.6) is 5.75 Å². The van der Waals surface area contributed by atoms with Gasteiger partial charge in [0.15, 0.2) is 11.8 Å². The van der Waals surface area contributed by atoms with Crippen LogP contribution < -0.4 is 15.8 Å². The van der Waals surface area contributed by atoms with E-state index in [1.807, 2.05) is 24.3 Å². The average Bonchev–Trinajstić information content (AvgIpc) is 3.24. The molecule has 118 valence electrons. The fourth-order valence-electron chi connectivity index (χ4n) is 1.87. The summed E-state index contributed by atoms with van der Waals surface area (Å²) >= 11 is 0. The van der Waals surface area contributed by atoms with Crippen LogP contribution in [0.3, 0.4) is 0 Å². The van der Waals surface area contributed by atoms with Gasteiger partial charge in [-0.05, 0) is 25.0 Å². The van der Waals surface area contributed by atoms with E-state index >= 15 is 0 Å². The number of nitrogens with zero attached hydrogens (tertiary/aromatic N) is 3. The number of hydrogen-bond donors (Lipinski definition) is 2. The molecule has 3 N–H and O–H groups in total. The zero-order valence-corrected chi connectivity index (χ0v) is 14.5. The molecule has 0 aliphatic heterocycles. The van der Waals surface area contributed by atoms with Gasteiger partial charge in [-0.1, -0.05) is 11.2 Å². The molecule has 1 aliphatic rings. The Morgan fingerprint density at radius 3 is 3.05 bits per heavy atom. The summed E-state index contributed by atoms with van der Waals surface area (Å²) in [6, 6.07) is 7.44. The number of guanidine groups is 1. The number of aliphatic imine (C=N–C) groups is 1. The minimum atomic E-state index is 0. The highest BCUT2D eigenvalue weighted by Gasteiger charge is 2.29. The number of aromatic nitrogens is 2. The Balaban J connectivity index is 0.00000176. The highest BCUT2D eigenvalue weighted by Crippen LogP contribution is 2.38. The molecule has 1 aromatic heterocycles. The van der Waals surface area contributed by atoms with Crippen molar-refractivity contribution in [2.45, 2.75) is 25.3 Å². The lowest BCUT2D eigenvalue weighted by molar-refractivity contribution is 0.374. The minimum absolute atomic E-state index is 0. The van der Waals surface area contributed by atoms with Gasteiger partial charge in [-0.2, -0.15) is 4.98 Å². The largest absolute Gasteiger partial charge is 0.497 e. The van der Waals surface area contributed by atoms with Gasteiger partial charge in [-0.25, -0.2) is 4.99 Å². The van der Waals surface area contributed by atoms with Crippen molar-refractivity contribution in [2.24, 2.45) is 10.7 Å². The molecule has 0 amide bonds. The monoisotopic (exact) mass is 415 g/mol. The third-order valence-electron chi connectivity index (χ3n) is 3.14. The van der Waals surface area contributed by atoms with E-state index in [9.17, 15) is 0 Å². The lowest BCUT2D eigenvalue weighted by atomic mass is 10.3. The molecule has 1 saturated carbocycles. The Bertz CT molecular complexity index is 654. The zero-order valence-electron chi connectivity index (χ0n) is 12.2. The first-order chi connectivity index (χ1) is 10.2. The number of methoxy groups -OCH3 is 1. The van der Waals surface area contributed by atoms with Gasteiger partial charge in [0.1, 0.15) is 12.3 Å². The highest BCUT2D eigenvalue weighted by atomic mass is 127. The van der Waals surface area contributed by atoms with Crippen molar-refractivity contribution in [2.75, 3.05) is 12.4 Å². The molecule has 0 spiro atoms. The standard InChI is InChI=1S/C14H17N5O2.HI/c1-20-11-4-2-3-10(7-11)17-14(15)16-8-12-18-13(21-19-12)9-5-6-9;/h2-4,7,9H,5-6,8H2,1H3,(H3,15,16,17);1H. The average molecular weight is 415 g/mol. The second-order valence-electron chi connectivity index (χ2n) is 4.88. The molecule has 0 atom stereocenters. The van der Waals surface area contributed by atoms with Crippen LogP contribution in [0.2, 0.25) is 0 Å². The molecule has 8 heteroatoms. The number of hydrogen-bond acceptors (Lipinski definition) is 5. The number of rotatable bonds is 5. The summed E-state index contributed by atoms with van der Waals surface area (Å²) in [6.07, 6.45) is 2.26. The quantitative estimate of drug-likeness (QED) is 0.443. The molecule has 1 heterocycles. The van der Waals surface area contributed by atoms with E-state index in [1.54, 1.807) is 7.11 Å². The first-order valence-corrected chi connectivity index (χ1v) is 6.78. The molecular formula is C14H18IN5O2. The maximum Gasteiger partial charge on any atom is 0.229 e. The molecule has 0 radical (unpaired) electrons. The second kappa shape index (κ2) is 7.43. The van der Waals surface area contributed by atoms with Gasteiger partial charge >= 0.3 is 0 Å². The smallest absolute Gasteiger partial charge is 0.229 e. The fraction of sp³-hybridized carbons (Fsp3) is 0.357. The molecular weight excluding hydrogens is 397 g/mol. The molecule has 7 nitrogen and oxygen atoms in total. The van der Waals surface area contributed by atoms with Gasteiger partial charge < -0.3 is 20.3 Å². The maximum atomic E-state index is 5.84. The van der Waals surface area contributed by atoms with Gasteiger partial charge in [0, 0.05) is 17.7 Å². The maximum absolute atomic E-state index is 5.84. The summed E-state index contributed by atoms with van der Waals surface area (Å²) in [7, 11) is 1.62. The number of ether oxygens (including phenoxy) is 1. The Morgan fingerprint density at radius 2 is 2.32 bits per heavy atom. The Hall–Kier alpha value is -1.84. The number of anilines is 1. The summed E-state index contributed by atoms with van der Waals surface area (Å²) < 4.78 is 10.3. The van der Waals surface area contributed by atoms with Gasteiger partial charge in [-0.3, -0.25) is 0 Å². The molecule has 0 unspecified atom stereocenters. The van der Waals surface area contributed by atoms with Crippen molar-refractivity contribution in [3.63, 3.8) is 0 Å². The Labute approximate surface area is 145 Å². The summed E-state index contributed by atoms with van der Waals surface area (Å²) in [5.41, 5.74) is 6.64. The molecule has 0 saturated heterocycles. The van der Waals surface area contributed by atoms with Crippen LogP contribution in [0.1, 0.15) is 30.5 Å². The Kier molecular flexibility index (Phi) is 5.58. The van der Waals surface area contributed by atoms with Crippen molar-refractivity contribution >= 4 is 35.6 Å². The van der Waals surface area contributed by atoms with Crippen molar-refractivity contribution < 1.29 is 9.26 Å². The first-order valence-electron chi connectivity index (χ1n) is 6.78. The van der Waals surface area contributed by atoms with E-state index in [0.29, 0.717) is 30.1 Å². The molecule has 1 aromatic carbocycles. The lowest BCUT2D eigenvalue weighted by Crippen LogP contribution is -2.22. The summed E-state index contributed by atoms with van der Waals surface area (Å²) in [5, 5.41) is 6.88. The molecule has 1 fully saturated rings. The van der Waals surface area contributed by atoms with Crippen LogP contribution in [0.15, 0.2) is 33.8 Å². The van der Waals surface area contributed by atoms with E-state index in [1.165, 1.54) is 0 Å². The first kappa shape index (κ1) is 16.5.